The summed E-state index contributed by atoms with van der Waals surface area (Å²) < 4.78 is 0. The van der Waals surface area contributed by atoms with Crippen molar-refractivity contribution in [3.63, 3.8) is 0 Å². The molecule has 2 aromatic rings. The van der Waals surface area contributed by atoms with Crippen LogP contribution >= 0.6 is 0 Å². The third-order valence-electron chi connectivity index (χ3n) is 3.99. The molecule has 1 atom stereocenters. The minimum absolute atomic E-state index is 0.0396. The van der Waals surface area contributed by atoms with Gasteiger partial charge in [-0.05, 0) is 37.5 Å². The third-order valence-corrected chi connectivity index (χ3v) is 3.99. The number of benzene rings is 2. The molecule has 18 heavy (non-hydrogen) atoms. The van der Waals surface area contributed by atoms with Crippen LogP contribution in [0.3, 0.4) is 0 Å². The molecule has 0 N–H and O–H groups in total. The van der Waals surface area contributed by atoms with E-state index in [-0.39, 0.29) is 5.41 Å². The summed E-state index contributed by atoms with van der Waals surface area (Å²) in [7, 11) is 0. The second-order valence-corrected chi connectivity index (χ2v) is 5.21. The molecule has 1 heterocycles. The Labute approximate surface area is 108 Å². The maximum absolute atomic E-state index is 4.72. The quantitative estimate of drug-likeness (QED) is 0.736. The van der Waals surface area contributed by atoms with E-state index in [9.17, 15) is 0 Å². The SMILES string of the molecule is CC1=Nc2ccccc2C1(C)Cc1ccccc1. The Balaban J connectivity index is 2.03. The van der Waals surface area contributed by atoms with Gasteiger partial charge in [-0.15, -0.1) is 0 Å². The van der Waals surface area contributed by atoms with Crippen LogP contribution in [0, 0.1) is 0 Å². The molecule has 1 aliphatic heterocycles. The fourth-order valence-corrected chi connectivity index (χ4v) is 2.76. The average Bonchev–Trinajstić information content (AvgIpc) is 2.63. The smallest absolute Gasteiger partial charge is 0.0670 e. The summed E-state index contributed by atoms with van der Waals surface area (Å²) in [5, 5.41) is 0. The van der Waals surface area contributed by atoms with Gasteiger partial charge in [-0.25, -0.2) is 0 Å². The van der Waals surface area contributed by atoms with Gasteiger partial charge in [0.05, 0.1) is 5.69 Å². The first-order valence-corrected chi connectivity index (χ1v) is 6.39. The summed E-state index contributed by atoms with van der Waals surface area (Å²) in [4.78, 5) is 4.72. The summed E-state index contributed by atoms with van der Waals surface area (Å²) >= 11 is 0. The molecule has 0 aliphatic carbocycles. The number of nitrogens with zero attached hydrogens (tertiary/aromatic N) is 1. The molecule has 0 bridgehead atoms. The lowest BCUT2D eigenvalue weighted by molar-refractivity contribution is 0.645. The van der Waals surface area contributed by atoms with Crippen LogP contribution in [0.1, 0.15) is 25.0 Å². The Kier molecular flexibility index (Phi) is 2.55. The Morgan fingerprint density at radius 3 is 2.39 bits per heavy atom. The minimum atomic E-state index is 0.0396. The lowest BCUT2D eigenvalue weighted by Crippen LogP contribution is -2.30. The summed E-state index contributed by atoms with van der Waals surface area (Å²) in [6.45, 7) is 4.44. The molecule has 90 valence electrons. The Morgan fingerprint density at radius 2 is 1.61 bits per heavy atom. The van der Waals surface area contributed by atoms with Crippen molar-refractivity contribution in [1.29, 1.82) is 0 Å². The summed E-state index contributed by atoms with van der Waals surface area (Å²) in [5.74, 6) is 0. The molecule has 1 unspecified atom stereocenters. The maximum atomic E-state index is 4.72. The minimum Gasteiger partial charge on any atom is -0.257 e. The molecule has 0 spiro atoms. The molecule has 2 aromatic carbocycles. The van der Waals surface area contributed by atoms with Crippen LogP contribution in [-0.4, -0.2) is 5.71 Å². The molecule has 0 aromatic heterocycles. The van der Waals surface area contributed by atoms with Crippen LogP contribution in [-0.2, 0) is 11.8 Å². The first-order valence-electron chi connectivity index (χ1n) is 6.39. The van der Waals surface area contributed by atoms with Gasteiger partial charge < -0.3 is 0 Å². The lowest BCUT2D eigenvalue weighted by Gasteiger charge is -2.26. The molecule has 1 heteroatoms. The van der Waals surface area contributed by atoms with Crippen molar-refractivity contribution < 1.29 is 0 Å². The zero-order valence-corrected chi connectivity index (χ0v) is 10.9. The van der Waals surface area contributed by atoms with Gasteiger partial charge in [0.15, 0.2) is 0 Å². The van der Waals surface area contributed by atoms with Gasteiger partial charge in [-0.2, -0.15) is 0 Å². The van der Waals surface area contributed by atoms with Crippen molar-refractivity contribution in [2.24, 2.45) is 4.99 Å². The molecule has 0 saturated carbocycles. The Morgan fingerprint density at radius 1 is 0.944 bits per heavy atom. The second kappa shape index (κ2) is 4.09. The van der Waals surface area contributed by atoms with Crippen LogP contribution in [0.25, 0.3) is 0 Å². The maximum Gasteiger partial charge on any atom is 0.0670 e. The third kappa shape index (κ3) is 1.67. The van der Waals surface area contributed by atoms with E-state index in [4.69, 9.17) is 4.99 Å². The topological polar surface area (TPSA) is 12.4 Å². The normalized spacial score (nSPS) is 21.6. The summed E-state index contributed by atoms with van der Waals surface area (Å²) in [5.41, 5.74) is 5.11. The Bertz CT molecular complexity index is 598. The van der Waals surface area contributed by atoms with E-state index in [0.717, 1.165) is 12.1 Å². The highest BCUT2D eigenvalue weighted by Crippen LogP contribution is 2.41. The molecular formula is C17H17N. The number of rotatable bonds is 2. The van der Waals surface area contributed by atoms with Crippen molar-refractivity contribution in [1.82, 2.24) is 0 Å². The second-order valence-electron chi connectivity index (χ2n) is 5.21. The number of para-hydroxylation sites is 1. The lowest BCUT2D eigenvalue weighted by atomic mass is 9.75. The van der Waals surface area contributed by atoms with Gasteiger partial charge in [-0.3, -0.25) is 4.99 Å². The van der Waals surface area contributed by atoms with E-state index < -0.39 is 0 Å². The van der Waals surface area contributed by atoms with E-state index in [1.54, 1.807) is 0 Å². The molecule has 0 saturated heterocycles. The van der Waals surface area contributed by atoms with Crippen molar-refractivity contribution in [3.05, 3.63) is 65.7 Å². The van der Waals surface area contributed by atoms with Gasteiger partial charge in [-0.1, -0.05) is 48.5 Å². The van der Waals surface area contributed by atoms with Crippen molar-refractivity contribution in [2.45, 2.75) is 25.7 Å². The summed E-state index contributed by atoms with van der Waals surface area (Å²) in [6.07, 6.45) is 1.01. The Hall–Kier alpha value is -1.89. The van der Waals surface area contributed by atoms with E-state index in [0.29, 0.717) is 0 Å². The monoisotopic (exact) mass is 235 g/mol. The molecule has 0 radical (unpaired) electrons. The first-order chi connectivity index (χ1) is 8.70. The fraction of sp³-hybridized carbons (Fsp3) is 0.235. The van der Waals surface area contributed by atoms with E-state index >= 15 is 0 Å². The van der Waals surface area contributed by atoms with Crippen LogP contribution in [0.15, 0.2) is 59.6 Å². The molecule has 0 amide bonds. The predicted octanol–water partition coefficient (Wildman–Crippen LogP) is 4.29. The largest absolute Gasteiger partial charge is 0.257 e. The predicted molar refractivity (Wildman–Crippen MR) is 76.7 cm³/mol. The highest BCUT2D eigenvalue weighted by molar-refractivity contribution is 6.00. The number of hydrogen-bond acceptors (Lipinski definition) is 1. The number of aliphatic imine (C=N–C) groups is 1. The average molecular weight is 235 g/mol. The molecule has 1 aliphatic rings. The van der Waals surface area contributed by atoms with E-state index in [2.05, 4.69) is 68.4 Å². The van der Waals surface area contributed by atoms with Gasteiger partial charge >= 0.3 is 0 Å². The van der Waals surface area contributed by atoms with Crippen molar-refractivity contribution in [3.8, 4) is 0 Å². The van der Waals surface area contributed by atoms with Crippen molar-refractivity contribution in [2.75, 3.05) is 0 Å². The van der Waals surface area contributed by atoms with Gasteiger partial charge in [0.2, 0.25) is 0 Å². The fourth-order valence-electron chi connectivity index (χ4n) is 2.76. The van der Waals surface area contributed by atoms with Crippen LogP contribution in [0.2, 0.25) is 0 Å². The molecule has 0 fully saturated rings. The number of hydrogen-bond donors (Lipinski definition) is 0. The van der Waals surface area contributed by atoms with Crippen molar-refractivity contribution >= 4 is 11.4 Å². The van der Waals surface area contributed by atoms with E-state index in [1.807, 2.05) is 0 Å². The molecule has 1 nitrogen and oxygen atoms in total. The molecular weight excluding hydrogens is 218 g/mol. The van der Waals surface area contributed by atoms with Gasteiger partial charge in [0.1, 0.15) is 0 Å². The van der Waals surface area contributed by atoms with Crippen LogP contribution in [0.4, 0.5) is 5.69 Å². The highest BCUT2D eigenvalue weighted by Gasteiger charge is 2.36. The number of fused-ring (bicyclic) bond motifs is 1. The zero-order chi connectivity index (χ0) is 12.6. The van der Waals surface area contributed by atoms with E-state index in [1.165, 1.54) is 16.8 Å². The summed E-state index contributed by atoms with van der Waals surface area (Å²) in [6, 6.07) is 19.1. The zero-order valence-electron chi connectivity index (χ0n) is 10.9. The standard InChI is InChI=1S/C17H17N/c1-13-17(2,12-14-8-4-3-5-9-14)15-10-6-7-11-16(15)18-13/h3-11H,12H2,1-2H3. The highest BCUT2D eigenvalue weighted by atomic mass is 14.8. The first kappa shape index (κ1) is 11.2. The van der Waals surface area contributed by atoms with Crippen LogP contribution in [0.5, 0.6) is 0 Å². The molecule has 3 rings (SSSR count). The van der Waals surface area contributed by atoms with Gasteiger partial charge in [0.25, 0.3) is 0 Å². The van der Waals surface area contributed by atoms with Gasteiger partial charge in [0, 0.05) is 11.1 Å². The van der Waals surface area contributed by atoms with Crippen LogP contribution < -0.4 is 0 Å².